The molecule has 1 aliphatic rings. The van der Waals surface area contributed by atoms with E-state index in [-0.39, 0.29) is 11.5 Å². The quantitative estimate of drug-likeness (QED) is 0.422. The summed E-state index contributed by atoms with van der Waals surface area (Å²) in [4.78, 5) is 25.5. The van der Waals surface area contributed by atoms with E-state index in [1.807, 2.05) is 18.4 Å². The van der Waals surface area contributed by atoms with Crippen LogP contribution in [0.25, 0.3) is 0 Å². The van der Waals surface area contributed by atoms with Crippen LogP contribution in [-0.2, 0) is 4.74 Å². The Hall–Kier alpha value is -2.15. The third kappa shape index (κ3) is 3.40. The molecule has 1 aliphatic carbocycles. The molecule has 0 bridgehead atoms. The summed E-state index contributed by atoms with van der Waals surface area (Å²) in [6.45, 7) is 3.64. The van der Waals surface area contributed by atoms with Crippen molar-refractivity contribution in [3.05, 3.63) is 52.3 Å². The number of ether oxygens (including phenoxy) is 1. The average molecular weight is 379 g/mol. The summed E-state index contributed by atoms with van der Waals surface area (Å²) in [5.41, 5.74) is 2.14. The van der Waals surface area contributed by atoms with E-state index in [0.29, 0.717) is 22.1 Å². The Morgan fingerprint density at radius 3 is 2.38 bits per heavy atom. The molecular formula is C19H19F2NO3S. The Morgan fingerprint density at radius 2 is 1.81 bits per heavy atom. The van der Waals surface area contributed by atoms with Gasteiger partial charge >= 0.3 is 5.97 Å². The second-order valence-corrected chi connectivity index (χ2v) is 7.35. The van der Waals surface area contributed by atoms with Crippen LogP contribution in [0.2, 0.25) is 0 Å². The minimum atomic E-state index is -0.954. The molecule has 7 heteroatoms. The number of methoxy groups -OCH3 is 1. The number of nitrogens with zero attached hydrogens (tertiary/aromatic N) is 1. The van der Waals surface area contributed by atoms with Crippen molar-refractivity contribution in [1.29, 1.82) is 0 Å². The van der Waals surface area contributed by atoms with E-state index < -0.39 is 17.6 Å². The molecule has 0 saturated heterocycles. The first-order valence-electron chi connectivity index (χ1n) is 8.25. The number of carbonyl (C=O) groups is 2. The van der Waals surface area contributed by atoms with Gasteiger partial charge in [-0.25, -0.2) is 13.6 Å². The molecule has 1 heterocycles. The number of rotatable bonds is 6. The van der Waals surface area contributed by atoms with Crippen LogP contribution in [-0.4, -0.2) is 29.2 Å². The summed E-state index contributed by atoms with van der Waals surface area (Å²) in [5.74, 6) is -2.64. The third-order valence-corrected chi connectivity index (χ3v) is 5.53. The predicted octanol–water partition coefficient (Wildman–Crippen LogP) is 4.48. The fourth-order valence-electron chi connectivity index (χ4n) is 3.22. The van der Waals surface area contributed by atoms with Gasteiger partial charge in [0.05, 0.1) is 24.0 Å². The Morgan fingerprint density at radius 1 is 1.15 bits per heavy atom. The highest BCUT2D eigenvalue weighted by Crippen LogP contribution is 2.40. The lowest BCUT2D eigenvalue weighted by Gasteiger charge is -2.07. The smallest absolute Gasteiger partial charge is 0.340 e. The van der Waals surface area contributed by atoms with Gasteiger partial charge < -0.3 is 9.30 Å². The van der Waals surface area contributed by atoms with Crippen LogP contribution in [0, 0.1) is 25.5 Å². The lowest BCUT2D eigenvalue weighted by molar-refractivity contribution is 0.0596. The van der Waals surface area contributed by atoms with Crippen LogP contribution >= 0.6 is 11.8 Å². The summed E-state index contributed by atoms with van der Waals surface area (Å²) in [7, 11) is 1.29. The van der Waals surface area contributed by atoms with E-state index in [1.54, 1.807) is 0 Å². The zero-order valence-electron chi connectivity index (χ0n) is 14.8. The normalized spacial score (nSPS) is 13.7. The molecule has 0 radical (unpaired) electrons. The number of Topliss-reactive ketones (excluding diaryl/α,β-unsaturated/α-hetero) is 1. The minimum Gasteiger partial charge on any atom is -0.465 e. The summed E-state index contributed by atoms with van der Waals surface area (Å²) in [6.07, 6.45) is 2.04. The van der Waals surface area contributed by atoms with Crippen LogP contribution in [0.4, 0.5) is 8.78 Å². The number of benzene rings is 1. The van der Waals surface area contributed by atoms with Crippen LogP contribution < -0.4 is 0 Å². The monoisotopic (exact) mass is 379 g/mol. The van der Waals surface area contributed by atoms with Crippen molar-refractivity contribution in [3.8, 4) is 0 Å². The van der Waals surface area contributed by atoms with Crippen molar-refractivity contribution in [2.24, 2.45) is 0 Å². The largest absolute Gasteiger partial charge is 0.465 e. The molecule has 1 aromatic carbocycles. The maximum atomic E-state index is 13.3. The second kappa shape index (κ2) is 7.23. The fourth-order valence-corrected chi connectivity index (χ4v) is 4.01. The molecule has 1 saturated carbocycles. The summed E-state index contributed by atoms with van der Waals surface area (Å²) < 4.78 is 33.2. The van der Waals surface area contributed by atoms with Crippen LogP contribution in [0.1, 0.15) is 51.0 Å². The molecule has 1 fully saturated rings. The molecule has 2 aromatic rings. The van der Waals surface area contributed by atoms with Gasteiger partial charge in [0, 0.05) is 22.3 Å². The van der Waals surface area contributed by atoms with Crippen LogP contribution in [0.3, 0.4) is 0 Å². The van der Waals surface area contributed by atoms with Gasteiger partial charge in [0.25, 0.3) is 0 Å². The molecule has 0 aliphatic heterocycles. The molecule has 138 valence electrons. The first-order chi connectivity index (χ1) is 12.3. The van der Waals surface area contributed by atoms with Gasteiger partial charge in [-0.15, -0.1) is 11.8 Å². The maximum Gasteiger partial charge on any atom is 0.340 e. The van der Waals surface area contributed by atoms with E-state index >= 15 is 0 Å². The van der Waals surface area contributed by atoms with E-state index in [4.69, 9.17) is 4.74 Å². The zero-order valence-corrected chi connectivity index (χ0v) is 15.6. The van der Waals surface area contributed by atoms with Crippen LogP contribution in [0.15, 0.2) is 23.1 Å². The van der Waals surface area contributed by atoms with Gasteiger partial charge in [0.15, 0.2) is 17.4 Å². The Bertz CT molecular complexity index is 887. The first kappa shape index (κ1) is 18.6. The number of ketones is 1. The molecule has 4 nitrogen and oxygen atoms in total. The molecule has 26 heavy (non-hydrogen) atoms. The number of esters is 1. The molecule has 0 spiro atoms. The van der Waals surface area contributed by atoms with E-state index in [0.717, 1.165) is 48.1 Å². The average Bonchev–Trinajstić information content (AvgIpc) is 3.40. The lowest BCUT2D eigenvalue weighted by atomic mass is 10.1. The van der Waals surface area contributed by atoms with Crippen molar-refractivity contribution in [2.75, 3.05) is 12.9 Å². The number of hydrogen-bond donors (Lipinski definition) is 0. The molecular weight excluding hydrogens is 360 g/mol. The second-order valence-electron chi connectivity index (χ2n) is 6.30. The highest BCUT2D eigenvalue weighted by Gasteiger charge is 2.34. The predicted molar refractivity (Wildman–Crippen MR) is 94.9 cm³/mol. The molecule has 0 N–H and O–H groups in total. The summed E-state index contributed by atoms with van der Waals surface area (Å²) in [5, 5.41) is 0. The molecule has 0 unspecified atom stereocenters. The highest BCUT2D eigenvalue weighted by atomic mass is 32.2. The molecule has 3 rings (SSSR count). The maximum absolute atomic E-state index is 13.3. The van der Waals surface area contributed by atoms with Crippen LogP contribution in [0.5, 0.6) is 0 Å². The third-order valence-electron chi connectivity index (χ3n) is 4.54. The standard InChI is InChI=1S/C19H19F2NO3S/c1-10-17(16(23)9-26-13-6-7-14(20)15(21)8-13)18(19(24)25-3)11(2)22(10)12-4-5-12/h6-8,12H,4-5,9H2,1-3H3. The summed E-state index contributed by atoms with van der Waals surface area (Å²) >= 11 is 1.10. The fraction of sp³-hybridized carbons (Fsp3) is 0.368. The highest BCUT2D eigenvalue weighted by molar-refractivity contribution is 8.00. The van der Waals surface area contributed by atoms with Crippen molar-refractivity contribution in [1.82, 2.24) is 4.57 Å². The first-order valence-corrected chi connectivity index (χ1v) is 9.24. The number of carbonyl (C=O) groups excluding carboxylic acids is 2. The van der Waals surface area contributed by atoms with Gasteiger partial charge in [-0.1, -0.05) is 0 Å². The van der Waals surface area contributed by atoms with Gasteiger partial charge in [-0.3, -0.25) is 4.79 Å². The number of halogens is 2. The zero-order chi connectivity index (χ0) is 19.0. The van der Waals surface area contributed by atoms with Crippen molar-refractivity contribution < 1.29 is 23.1 Å². The van der Waals surface area contributed by atoms with Crippen molar-refractivity contribution in [2.45, 2.75) is 37.6 Å². The van der Waals surface area contributed by atoms with E-state index in [9.17, 15) is 18.4 Å². The number of thioether (sulfide) groups is 1. The molecule has 0 atom stereocenters. The van der Waals surface area contributed by atoms with Gasteiger partial charge in [-0.2, -0.15) is 0 Å². The van der Waals surface area contributed by atoms with Gasteiger partial charge in [-0.05, 0) is 44.9 Å². The summed E-state index contributed by atoms with van der Waals surface area (Å²) in [6, 6.07) is 3.83. The Labute approximate surface area is 154 Å². The SMILES string of the molecule is COC(=O)c1c(C(=O)CSc2ccc(F)c(F)c2)c(C)n(C2CC2)c1C. The lowest BCUT2D eigenvalue weighted by Crippen LogP contribution is -2.12. The number of hydrogen-bond acceptors (Lipinski definition) is 4. The molecule has 1 aromatic heterocycles. The van der Waals surface area contributed by atoms with E-state index in [2.05, 4.69) is 0 Å². The van der Waals surface area contributed by atoms with Crippen molar-refractivity contribution in [3.63, 3.8) is 0 Å². The Kier molecular flexibility index (Phi) is 5.18. The molecule has 0 amide bonds. The number of aromatic nitrogens is 1. The van der Waals surface area contributed by atoms with Gasteiger partial charge in [0.1, 0.15) is 0 Å². The Balaban J connectivity index is 1.89. The van der Waals surface area contributed by atoms with Crippen molar-refractivity contribution >= 4 is 23.5 Å². The van der Waals surface area contributed by atoms with Gasteiger partial charge in [0.2, 0.25) is 0 Å². The topological polar surface area (TPSA) is 48.3 Å². The van der Waals surface area contributed by atoms with E-state index in [1.165, 1.54) is 13.2 Å². The minimum absolute atomic E-state index is 0.0179.